The van der Waals surface area contributed by atoms with Crippen LogP contribution in [0.3, 0.4) is 0 Å². The third-order valence-corrected chi connectivity index (χ3v) is 5.39. The molecule has 0 unspecified atom stereocenters. The van der Waals surface area contributed by atoms with Crippen LogP contribution in [0.2, 0.25) is 0 Å². The zero-order valence-electron chi connectivity index (χ0n) is 14.7. The van der Waals surface area contributed by atoms with Crippen LogP contribution in [0.1, 0.15) is 30.3 Å². The molecule has 1 amide bonds. The average molecular weight is 367 g/mol. The van der Waals surface area contributed by atoms with E-state index in [1.165, 1.54) is 0 Å². The van der Waals surface area contributed by atoms with Crippen LogP contribution in [0.4, 0.5) is 0 Å². The SMILES string of the molecule is CCOc1cccc(-c2nc(-c3c[nH]c(C(=O)N4CCCC4)c3)cs2)c1. The Balaban J connectivity index is 1.55. The Morgan fingerprint density at radius 3 is 2.92 bits per heavy atom. The lowest BCUT2D eigenvalue weighted by molar-refractivity contribution is 0.0788. The van der Waals surface area contributed by atoms with E-state index in [1.807, 2.05) is 53.7 Å². The minimum absolute atomic E-state index is 0.0774. The molecule has 0 spiro atoms. The van der Waals surface area contributed by atoms with E-state index in [0.29, 0.717) is 12.3 Å². The summed E-state index contributed by atoms with van der Waals surface area (Å²) >= 11 is 1.59. The maximum Gasteiger partial charge on any atom is 0.270 e. The first-order valence-corrected chi connectivity index (χ1v) is 9.79. The molecule has 5 nitrogen and oxygen atoms in total. The van der Waals surface area contributed by atoms with Crippen LogP contribution >= 0.6 is 11.3 Å². The topological polar surface area (TPSA) is 58.2 Å². The fraction of sp³-hybridized carbons (Fsp3) is 0.300. The van der Waals surface area contributed by atoms with Crippen molar-refractivity contribution in [3.63, 3.8) is 0 Å². The van der Waals surface area contributed by atoms with Crippen molar-refractivity contribution in [1.82, 2.24) is 14.9 Å². The van der Waals surface area contributed by atoms with E-state index in [4.69, 9.17) is 9.72 Å². The first-order valence-electron chi connectivity index (χ1n) is 8.91. The number of likely N-dealkylation sites (tertiary alicyclic amines) is 1. The summed E-state index contributed by atoms with van der Waals surface area (Å²) < 4.78 is 5.57. The average Bonchev–Trinajstić information content (AvgIpc) is 3.42. The highest BCUT2D eigenvalue weighted by molar-refractivity contribution is 7.13. The van der Waals surface area contributed by atoms with Crippen molar-refractivity contribution in [2.45, 2.75) is 19.8 Å². The molecule has 2 aromatic heterocycles. The highest BCUT2D eigenvalue weighted by Gasteiger charge is 2.21. The summed E-state index contributed by atoms with van der Waals surface area (Å²) in [5.74, 6) is 0.926. The lowest BCUT2D eigenvalue weighted by atomic mass is 10.2. The van der Waals surface area contributed by atoms with Gasteiger partial charge in [-0.25, -0.2) is 4.98 Å². The molecule has 0 radical (unpaired) electrons. The molecular weight excluding hydrogens is 346 g/mol. The van der Waals surface area contributed by atoms with E-state index in [9.17, 15) is 4.79 Å². The maximum absolute atomic E-state index is 12.5. The van der Waals surface area contributed by atoms with Crippen molar-refractivity contribution in [2.75, 3.05) is 19.7 Å². The molecule has 0 atom stereocenters. The Kier molecular flexibility index (Phi) is 4.75. The molecule has 1 aliphatic rings. The van der Waals surface area contributed by atoms with Gasteiger partial charge in [-0.1, -0.05) is 12.1 Å². The van der Waals surface area contributed by atoms with Crippen LogP contribution < -0.4 is 4.74 Å². The monoisotopic (exact) mass is 367 g/mol. The summed E-state index contributed by atoms with van der Waals surface area (Å²) in [6.45, 7) is 4.32. The van der Waals surface area contributed by atoms with E-state index in [0.717, 1.165) is 53.5 Å². The van der Waals surface area contributed by atoms with Gasteiger partial charge in [0.25, 0.3) is 5.91 Å². The van der Waals surface area contributed by atoms with Crippen LogP contribution in [0.15, 0.2) is 41.9 Å². The number of hydrogen-bond acceptors (Lipinski definition) is 4. The first kappa shape index (κ1) is 16.8. The van der Waals surface area contributed by atoms with Crippen molar-refractivity contribution >= 4 is 17.2 Å². The molecule has 26 heavy (non-hydrogen) atoms. The van der Waals surface area contributed by atoms with Gasteiger partial charge in [0.1, 0.15) is 16.5 Å². The van der Waals surface area contributed by atoms with Crippen molar-refractivity contribution < 1.29 is 9.53 Å². The second-order valence-corrected chi connectivity index (χ2v) is 7.16. The summed E-state index contributed by atoms with van der Waals surface area (Å²) in [5.41, 5.74) is 3.49. The predicted molar refractivity (Wildman–Crippen MR) is 104 cm³/mol. The van der Waals surface area contributed by atoms with Gasteiger partial charge in [-0.3, -0.25) is 4.79 Å². The standard InChI is InChI=1S/C20H21N3O2S/c1-2-25-16-7-5-6-14(10-16)19-22-18(13-26-19)15-11-17(21-12-15)20(24)23-8-3-4-9-23/h5-7,10-13,21H,2-4,8-9H2,1H3. The second-order valence-electron chi connectivity index (χ2n) is 6.30. The molecule has 1 aromatic carbocycles. The Morgan fingerprint density at radius 2 is 2.12 bits per heavy atom. The van der Waals surface area contributed by atoms with Crippen molar-refractivity contribution in [3.8, 4) is 27.6 Å². The van der Waals surface area contributed by atoms with Gasteiger partial charge in [-0.15, -0.1) is 11.3 Å². The second kappa shape index (κ2) is 7.33. The van der Waals surface area contributed by atoms with Crippen LogP contribution in [0.5, 0.6) is 5.75 Å². The molecule has 6 heteroatoms. The number of aromatic nitrogens is 2. The number of nitrogens with zero attached hydrogens (tertiary/aromatic N) is 2. The molecule has 3 aromatic rings. The quantitative estimate of drug-likeness (QED) is 0.725. The van der Waals surface area contributed by atoms with Gasteiger partial charge >= 0.3 is 0 Å². The Hall–Kier alpha value is -2.60. The molecule has 0 aliphatic carbocycles. The molecule has 0 saturated carbocycles. The number of benzene rings is 1. The summed E-state index contributed by atoms with van der Waals surface area (Å²) in [7, 11) is 0. The fourth-order valence-electron chi connectivity index (χ4n) is 3.18. The third-order valence-electron chi connectivity index (χ3n) is 4.50. The Labute approximate surface area is 156 Å². The number of nitrogens with one attached hydrogen (secondary N) is 1. The van der Waals surface area contributed by atoms with Gasteiger partial charge in [0.2, 0.25) is 0 Å². The number of H-pyrrole nitrogens is 1. The van der Waals surface area contributed by atoms with E-state index in [1.54, 1.807) is 11.3 Å². The first-order chi connectivity index (χ1) is 12.7. The number of hydrogen-bond donors (Lipinski definition) is 1. The molecule has 0 bridgehead atoms. The van der Waals surface area contributed by atoms with Crippen LogP contribution in [0, 0.1) is 0 Å². The van der Waals surface area contributed by atoms with Crippen molar-refractivity contribution in [2.24, 2.45) is 0 Å². The van der Waals surface area contributed by atoms with E-state index >= 15 is 0 Å². The van der Waals surface area contributed by atoms with Gasteiger partial charge < -0.3 is 14.6 Å². The number of thiazole rings is 1. The smallest absolute Gasteiger partial charge is 0.270 e. The van der Waals surface area contributed by atoms with Gasteiger partial charge in [0, 0.05) is 35.8 Å². The molecule has 1 saturated heterocycles. The molecule has 1 fully saturated rings. The van der Waals surface area contributed by atoms with Gasteiger partial charge in [-0.2, -0.15) is 0 Å². The predicted octanol–water partition coefficient (Wildman–Crippen LogP) is 4.44. The van der Waals surface area contributed by atoms with E-state index < -0.39 is 0 Å². The molecule has 4 rings (SSSR count). The molecule has 3 heterocycles. The van der Waals surface area contributed by atoms with Crippen molar-refractivity contribution in [3.05, 3.63) is 47.6 Å². The summed E-state index contributed by atoms with van der Waals surface area (Å²) in [6.07, 6.45) is 4.05. The lowest BCUT2D eigenvalue weighted by Crippen LogP contribution is -2.27. The minimum atomic E-state index is 0.0774. The third kappa shape index (κ3) is 3.37. The Morgan fingerprint density at radius 1 is 1.27 bits per heavy atom. The molecular formula is C20H21N3O2S. The zero-order chi connectivity index (χ0) is 17.9. The van der Waals surface area contributed by atoms with Gasteiger partial charge in [0.15, 0.2) is 0 Å². The number of rotatable bonds is 5. The Bertz CT molecular complexity index is 909. The number of aromatic amines is 1. The summed E-state index contributed by atoms with van der Waals surface area (Å²) in [5, 5.41) is 2.96. The van der Waals surface area contributed by atoms with E-state index in [-0.39, 0.29) is 5.91 Å². The normalized spacial score (nSPS) is 14.0. The number of amides is 1. The fourth-order valence-corrected chi connectivity index (χ4v) is 4.01. The lowest BCUT2D eigenvalue weighted by Gasteiger charge is -2.13. The zero-order valence-corrected chi connectivity index (χ0v) is 15.5. The minimum Gasteiger partial charge on any atom is -0.494 e. The van der Waals surface area contributed by atoms with Crippen molar-refractivity contribution in [1.29, 1.82) is 0 Å². The molecule has 1 aliphatic heterocycles. The summed E-state index contributed by atoms with van der Waals surface area (Å²) in [6, 6.07) is 9.86. The number of carbonyl (C=O) groups excluding carboxylic acids is 1. The maximum atomic E-state index is 12.5. The number of carbonyl (C=O) groups is 1. The van der Waals surface area contributed by atoms with Gasteiger partial charge in [-0.05, 0) is 38.0 Å². The largest absolute Gasteiger partial charge is 0.494 e. The van der Waals surface area contributed by atoms with Gasteiger partial charge in [0.05, 0.1) is 12.3 Å². The van der Waals surface area contributed by atoms with E-state index in [2.05, 4.69) is 4.98 Å². The molecule has 1 N–H and O–H groups in total. The highest BCUT2D eigenvalue weighted by Crippen LogP contribution is 2.31. The number of ether oxygens (including phenoxy) is 1. The highest BCUT2D eigenvalue weighted by atomic mass is 32.1. The van der Waals surface area contributed by atoms with Crippen LogP contribution in [-0.2, 0) is 0 Å². The van der Waals surface area contributed by atoms with Crippen LogP contribution in [-0.4, -0.2) is 40.5 Å². The van der Waals surface area contributed by atoms with Crippen LogP contribution in [0.25, 0.3) is 21.8 Å². The molecule has 134 valence electrons. The summed E-state index contributed by atoms with van der Waals surface area (Å²) in [4.78, 5) is 22.2.